The van der Waals surface area contributed by atoms with Gasteiger partial charge in [-0.05, 0) is 51.5 Å². The van der Waals surface area contributed by atoms with Gasteiger partial charge in [0.2, 0.25) is 0 Å². The summed E-state index contributed by atoms with van der Waals surface area (Å²) in [4.78, 5) is 2.38. The molecule has 3 heterocycles. The summed E-state index contributed by atoms with van der Waals surface area (Å²) >= 11 is 0. The number of rotatable bonds is 1. The first-order valence-corrected chi connectivity index (χ1v) is 6.24. The van der Waals surface area contributed by atoms with E-state index in [0.29, 0.717) is 5.92 Å². The molecule has 2 aromatic heterocycles. The molecule has 17 heavy (non-hydrogen) atoms. The van der Waals surface area contributed by atoms with Crippen LogP contribution in [-0.4, -0.2) is 39.6 Å². The molecular formula is C13H18N4. The van der Waals surface area contributed by atoms with Gasteiger partial charge in [-0.25, -0.2) is 0 Å². The van der Waals surface area contributed by atoms with E-state index < -0.39 is 0 Å². The number of piperidine rings is 1. The van der Waals surface area contributed by atoms with Gasteiger partial charge < -0.3 is 4.90 Å². The molecule has 4 heteroatoms. The molecule has 0 aromatic carbocycles. The van der Waals surface area contributed by atoms with Crippen LogP contribution in [0.5, 0.6) is 0 Å². The Morgan fingerprint density at radius 3 is 2.76 bits per heavy atom. The van der Waals surface area contributed by atoms with Gasteiger partial charge in [0.05, 0.1) is 0 Å². The van der Waals surface area contributed by atoms with Crippen LogP contribution in [0, 0.1) is 6.92 Å². The van der Waals surface area contributed by atoms with Gasteiger partial charge in [0.1, 0.15) is 5.82 Å². The molecule has 1 aliphatic rings. The first-order valence-electron chi connectivity index (χ1n) is 6.24. The normalized spacial score (nSPS) is 18.9. The zero-order valence-corrected chi connectivity index (χ0v) is 10.4. The fourth-order valence-corrected chi connectivity index (χ4v) is 2.61. The molecule has 0 aliphatic carbocycles. The zero-order chi connectivity index (χ0) is 11.8. The number of nitrogens with zero attached hydrogens (tertiary/aromatic N) is 4. The molecule has 1 aliphatic heterocycles. The van der Waals surface area contributed by atoms with E-state index >= 15 is 0 Å². The fourth-order valence-electron chi connectivity index (χ4n) is 2.61. The van der Waals surface area contributed by atoms with Gasteiger partial charge in [-0.15, -0.1) is 10.2 Å². The summed E-state index contributed by atoms with van der Waals surface area (Å²) in [5.41, 5.74) is 2.20. The Balaban J connectivity index is 1.98. The summed E-state index contributed by atoms with van der Waals surface area (Å²) in [7, 11) is 2.18. The lowest BCUT2D eigenvalue weighted by atomic mass is 9.96. The number of pyridine rings is 1. The van der Waals surface area contributed by atoms with Crippen LogP contribution in [0.2, 0.25) is 0 Å². The second-order valence-corrected chi connectivity index (χ2v) is 5.02. The summed E-state index contributed by atoms with van der Waals surface area (Å²) in [5.74, 6) is 1.69. The van der Waals surface area contributed by atoms with Gasteiger partial charge in [0.25, 0.3) is 0 Å². The van der Waals surface area contributed by atoms with E-state index in [1.54, 1.807) is 0 Å². The van der Waals surface area contributed by atoms with Gasteiger partial charge >= 0.3 is 0 Å². The Hall–Kier alpha value is -1.42. The SMILES string of the molecule is Cc1cccn2c(C3CCN(C)CC3)nnc12. The molecule has 0 bridgehead atoms. The maximum atomic E-state index is 4.40. The average Bonchev–Trinajstić information content (AvgIpc) is 2.75. The maximum Gasteiger partial charge on any atom is 0.163 e. The first-order chi connectivity index (χ1) is 8.25. The van der Waals surface area contributed by atoms with E-state index in [9.17, 15) is 0 Å². The minimum atomic E-state index is 0.558. The number of aromatic nitrogens is 3. The number of hydrogen-bond donors (Lipinski definition) is 0. The molecular weight excluding hydrogens is 212 g/mol. The second-order valence-electron chi connectivity index (χ2n) is 5.02. The van der Waals surface area contributed by atoms with Crippen LogP contribution in [-0.2, 0) is 0 Å². The molecule has 4 nitrogen and oxygen atoms in total. The predicted octanol–water partition coefficient (Wildman–Crippen LogP) is 1.85. The predicted molar refractivity (Wildman–Crippen MR) is 67.2 cm³/mol. The van der Waals surface area contributed by atoms with E-state index in [4.69, 9.17) is 0 Å². The van der Waals surface area contributed by atoms with Crippen LogP contribution < -0.4 is 0 Å². The molecule has 0 amide bonds. The van der Waals surface area contributed by atoms with Crippen molar-refractivity contribution in [2.75, 3.05) is 20.1 Å². The lowest BCUT2D eigenvalue weighted by molar-refractivity contribution is 0.250. The molecule has 0 unspecified atom stereocenters. The molecule has 2 aromatic rings. The van der Waals surface area contributed by atoms with E-state index in [2.05, 4.69) is 51.8 Å². The van der Waals surface area contributed by atoms with E-state index in [-0.39, 0.29) is 0 Å². The third kappa shape index (κ3) is 1.82. The minimum absolute atomic E-state index is 0.558. The number of fused-ring (bicyclic) bond motifs is 1. The van der Waals surface area contributed by atoms with Crippen LogP contribution in [0.25, 0.3) is 5.65 Å². The number of hydrogen-bond acceptors (Lipinski definition) is 3. The Kier molecular flexibility index (Phi) is 2.59. The van der Waals surface area contributed by atoms with Crippen molar-refractivity contribution in [2.45, 2.75) is 25.7 Å². The smallest absolute Gasteiger partial charge is 0.163 e. The van der Waals surface area contributed by atoms with Crippen LogP contribution in [0.3, 0.4) is 0 Å². The van der Waals surface area contributed by atoms with Crippen LogP contribution in [0.4, 0.5) is 0 Å². The van der Waals surface area contributed by atoms with Crippen LogP contribution >= 0.6 is 0 Å². The third-order valence-electron chi connectivity index (χ3n) is 3.74. The Bertz CT molecular complexity index is 523. The number of aryl methyl sites for hydroxylation is 1. The highest BCUT2D eigenvalue weighted by molar-refractivity contribution is 5.46. The Morgan fingerprint density at radius 1 is 1.24 bits per heavy atom. The summed E-state index contributed by atoms with van der Waals surface area (Å²) in [6.45, 7) is 4.40. The fraction of sp³-hybridized carbons (Fsp3) is 0.538. The van der Waals surface area contributed by atoms with Crippen molar-refractivity contribution in [3.8, 4) is 0 Å². The van der Waals surface area contributed by atoms with Crippen molar-refractivity contribution in [3.05, 3.63) is 29.7 Å². The standard InChI is InChI=1S/C13H18N4/c1-10-4-3-7-17-12(10)14-15-13(17)11-5-8-16(2)9-6-11/h3-4,7,11H,5-6,8-9H2,1-2H3. The highest BCUT2D eigenvalue weighted by atomic mass is 15.3. The zero-order valence-electron chi connectivity index (χ0n) is 10.4. The topological polar surface area (TPSA) is 33.4 Å². The largest absolute Gasteiger partial charge is 0.306 e. The molecule has 0 N–H and O–H groups in total. The first kappa shape index (κ1) is 10.7. The van der Waals surface area contributed by atoms with Gasteiger partial charge in [-0.2, -0.15) is 0 Å². The minimum Gasteiger partial charge on any atom is -0.306 e. The average molecular weight is 230 g/mol. The lowest BCUT2D eigenvalue weighted by Gasteiger charge is -2.27. The van der Waals surface area contributed by atoms with Crippen molar-refractivity contribution in [1.29, 1.82) is 0 Å². The van der Waals surface area contributed by atoms with Crippen molar-refractivity contribution in [2.24, 2.45) is 0 Å². The van der Waals surface area contributed by atoms with Crippen LogP contribution in [0.15, 0.2) is 18.3 Å². The molecule has 1 fully saturated rings. The van der Waals surface area contributed by atoms with Crippen molar-refractivity contribution in [3.63, 3.8) is 0 Å². The summed E-state index contributed by atoms with van der Waals surface area (Å²) < 4.78 is 2.16. The molecule has 0 atom stereocenters. The molecule has 0 spiro atoms. The summed E-state index contributed by atoms with van der Waals surface area (Å²) in [6.07, 6.45) is 4.45. The monoisotopic (exact) mass is 230 g/mol. The van der Waals surface area contributed by atoms with Crippen molar-refractivity contribution in [1.82, 2.24) is 19.5 Å². The molecule has 0 radical (unpaired) electrons. The lowest BCUT2D eigenvalue weighted by Crippen LogP contribution is -2.29. The van der Waals surface area contributed by atoms with Gasteiger partial charge in [-0.1, -0.05) is 6.07 Å². The molecule has 3 rings (SSSR count). The molecule has 90 valence electrons. The van der Waals surface area contributed by atoms with Crippen LogP contribution in [0.1, 0.15) is 30.1 Å². The Morgan fingerprint density at radius 2 is 2.00 bits per heavy atom. The molecule has 1 saturated heterocycles. The van der Waals surface area contributed by atoms with E-state index in [1.165, 1.54) is 18.4 Å². The second kappa shape index (κ2) is 4.11. The highest BCUT2D eigenvalue weighted by Crippen LogP contribution is 2.26. The van der Waals surface area contributed by atoms with Gasteiger partial charge in [-0.3, -0.25) is 4.40 Å². The quantitative estimate of drug-likeness (QED) is 0.749. The highest BCUT2D eigenvalue weighted by Gasteiger charge is 2.22. The van der Waals surface area contributed by atoms with E-state index in [0.717, 1.165) is 24.6 Å². The van der Waals surface area contributed by atoms with E-state index in [1.807, 2.05) is 0 Å². The van der Waals surface area contributed by atoms with Gasteiger partial charge in [0.15, 0.2) is 5.65 Å². The molecule has 0 saturated carbocycles. The van der Waals surface area contributed by atoms with Gasteiger partial charge in [0, 0.05) is 12.1 Å². The number of likely N-dealkylation sites (tertiary alicyclic amines) is 1. The summed E-state index contributed by atoms with van der Waals surface area (Å²) in [6, 6.07) is 4.16. The Labute approximate surface area is 101 Å². The van der Waals surface area contributed by atoms with Crippen molar-refractivity contribution >= 4 is 5.65 Å². The van der Waals surface area contributed by atoms with Crippen molar-refractivity contribution < 1.29 is 0 Å². The summed E-state index contributed by atoms with van der Waals surface area (Å²) in [5, 5.41) is 8.71. The maximum absolute atomic E-state index is 4.40. The third-order valence-corrected chi connectivity index (χ3v) is 3.74.